The predicted octanol–water partition coefficient (Wildman–Crippen LogP) is 0.893. The van der Waals surface area contributed by atoms with E-state index < -0.39 is 0 Å². The van der Waals surface area contributed by atoms with E-state index in [1.54, 1.807) is 0 Å². The molecule has 3 heteroatoms. The van der Waals surface area contributed by atoms with Crippen molar-refractivity contribution in [1.82, 2.24) is 5.32 Å². The van der Waals surface area contributed by atoms with Crippen LogP contribution in [0.5, 0.6) is 0 Å². The van der Waals surface area contributed by atoms with Gasteiger partial charge >= 0.3 is 0 Å². The minimum atomic E-state index is -0.247. The van der Waals surface area contributed by atoms with Gasteiger partial charge in [-0.25, -0.2) is 0 Å². The predicted molar refractivity (Wildman–Crippen MR) is 48.4 cm³/mol. The molecule has 2 heterocycles. The first-order valence-corrected chi connectivity index (χ1v) is 5.36. The smallest absolute Gasteiger partial charge is 0.187 e. The Labute approximate surface area is 78.8 Å². The van der Waals surface area contributed by atoms with Gasteiger partial charge < -0.3 is 14.8 Å². The van der Waals surface area contributed by atoms with Crippen LogP contribution in [0.2, 0.25) is 0 Å². The van der Waals surface area contributed by atoms with Gasteiger partial charge in [-0.1, -0.05) is 12.8 Å². The Morgan fingerprint density at radius 3 is 2.31 bits per heavy atom. The highest BCUT2D eigenvalue weighted by Crippen LogP contribution is 2.52. The fourth-order valence-corrected chi connectivity index (χ4v) is 3.26. The SMILES string of the molecule is C1CCC2(C1)CNCC21OCCO1. The summed E-state index contributed by atoms with van der Waals surface area (Å²) >= 11 is 0. The number of ether oxygens (including phenoxy) is 2. The number of nitrogens with one attached hydrogen (secondary N) is 1. The molecule has 2 aliphatic heterocycles. The molecule has 13 heavy (non-hydrogen) atoms. The molecule has 0 aromatic rings. The summed E-state index contributed by atoms with van der Waals surface area (Å²) in [6, 6.07) is 0. The molecule has 1 N–H and O–H groups in total. The zero-order valence-electron chi connectivity index (χ0n) is 7.97. The van der Waals surface area contributed by atoms with Gasteiger partial charge in [-0.05, 0) is 12.8 Å². The summed E-state index contributed by atoms with van der Waals surface area (Å²) in [7, 11) is 0. The first kappa shape index (κ1) is 8.21. The van der Waals surface area contributed by atoms with Gasteiger partial charge in [0.2, 0.25) is 0 Å². The number of hydrogen-bond donors (Lipinski definition) is 1. The highest BCUT2D eigenvalue weighted by molar-refractivity contribution is 5.06. The van der Waals surface area contributed by atoms with Crippen molar-refractivity contribution in [1.29, 1.82) is 0 Å². The van der Waals surface area contributed by atoms with Gasteiger partial charge in [0, 0.05) is 12.0 Å². The first-order chi connectivity index (χ1) is 6.37. The van der Waals surface area contributed by atoms with Crippen molar-refractivity contribution in [2.24, 2.45) is 5.41 Å². The fraction of sp³-hybridized carbons (Fsp3) is 1.00. The first-order valence-electron chi connectivity index (χ1n) is 5.36. The minimum Gasteiger partial charge on any atom is -0.346 e. The second kappa shape index (κ2) is 2.69. The lowest BCUT2D eigenvalue weighted by Gasteiger charge is -2.37. The molecule has 0 radical (unpaired) electrons. The molecular formula is C10H17NO2. The van der Waals surface area contributed by atoms with Gasteiger partial charge in [-0.15, -0.1) is 0 Å². The van der Waals surface area contributed by atoms with Crippen LogP contribution in [0.4, 0.5) is 0 Å². The normalized spacial score (nSPS) is 35.1. The molecule has 0 aromatic carbocycles. The standard InChI is InChI=1S/C10H17NO2/c1-2-4-9(3-1)7-11-8-10(9)12-5-6-13-10/h11H,1-8H2. The molecule has 3 aliphatic rings. The number of fused-ring (bicyclic) bond motifs is 1. The molecule has 1 saturated carbocycles. The van der Waals surface area contributed by atoms with E-state index in [0.29, 0.717) is 5.41 Å². The van der Waals surface area contributed by atoms with E-state index in [0.717, 1.165) is 26.3 Å². The summed E-state index contributed by atoms with van der Waals surface area (Å²) < 4.78 is 11.7. The van der Waals surface area contributed by atoms with Crippen LogP contribution in [0.25, 0.3) is 0 Å². The fourth-order valence-electron chi connectivity index (χ4n) is 3.26. The zero-order chi connectivity index (χ0) is 8.78. The van der Waals surface area contributed by atoms with E-state index in [4.69, 9.17) is 9.47 Å². The maximum Gasteiger partial charge on any atom is 0.187 e. The molecule has 0 atom stereocenters. The topological polar surface area (TPSA) is 30.5 Å². The highest BCUT2D eigenvalue weighted by atomic mass is 16.7. The molecule has 0 unspecified atom stereocenters. The maximum atomic E-state index is 5.85. The second-order valence-corrected chi connectivity index (χ2v) is 4.54. The average Bonchev–Trinajstić information content (AvgIpc) is 2.79. The summed E-state index contributed by atoms with van der Waals surface area (Å²) in [5, 5.41) is 3.44. The Hall–Kier alpha value is -0.120. The van der Waals surface area contributed by atoms with Gasteiger partial charge in [0.25, 0.3) is 0 Å². The average molecular weight is 183 g/mol. The van der Waals surface area contributed by atoms with Crippen LogP contribution in [0.3, 0.4) is 0 Å². The molecule has 0 amide bonds. The minimum absolute atomic E-state index is 0.247. The van der Waals surface area contributed by atoms with E-state index >= 15 is 0 Å². The third-order valence-corrected chi connectivity index (χ3v) is 3.94. The van der Waals surface area contributed by atoms with Crippen molar-refractivity contribution in [3.63, 3.8) is 0 Å². The Kier molecular flexibility index (Phi) is 1.70. The van der Waals surface area contributed by atoms with E-state index in [9.17, 15) is 0 Å². The lowest BCUT2D eigenvalue weighted by atomic mass is 9.80. The molecule has 74 valence electrons. The Morgan fingerprint density at radius 1 is 0.923 bits per heavy atom. The molecule has 3 fully saturated rings. The lowest BCUT2D eigenvalue weighted by molar-refractivity contribution is -0.207. The van der Waals surface area contributed by atoms with Crippen molar-refractivity contribution >= 4 is 0 Å². The Bertz CT molecular complexity index is 172. The van der Waals surface area contributed by atoms with Crippen LogP contribution in [-0.2, 0) is 9.47 Å². The van der Waals surface area contributed by atoms with Crippen LogP contribution in [0.1, 0.15) is 25.7 Å². The Balaban J connectivity index is 1.92. The summed E-state index contributed by atoms with van der Waals surface area (Å²) in [6.07, 6.45) is 5.24. The molecule has 0 aromatic heterocycles. The largest absolute Gasteiger partial charge is 0.346 e. The van der Waals surface area contributed by atoms with Crippen molar-refractivity contribution in [2.45, 2.75) is 31.5 Å². The van der Waals surface area contributed by atoms with Crippen LogP contribution in [0.15, 0.2) is 0 Å². The monoisotopic (exact) mass is 183 g/mol. The molecule has 3 rings (SSSR count). The molecule has 3 nitrogen and oxygen atoms in total. The van der Waals surface area contributed by atoms with Crippen LogP contribution >= 0.6 is 0 Å². The van der Waals surface area contributed by atoms with E-state index in [2.05, 4.69) is 5.32 Å². The summed E-state index contributed by atoms with van der Waals surface area (Å²) in [4.78, 5) is 0. The third kappa shape index (κ3) is 0.953. The van der Waals surface area contributed by atoms with Crippen molar-refractivity contribution in [3.8, 4) is 0 Å². The van der Waals surface area contributed by atoms with Gasteiger partial charge in [-0.2, -0.15) is 0 Å². The maximum absolute atomic E-state index is 5.85. The third-order valence-electron chi connectivity index (χ3n) is 3.94. The highest BCUT2D eigenvalue weighted by Gasteiger charge is 2.59. The van der Waals surface area contributed by atoms with E-state index in [1.165, 1.54) is 25.7 Å². The van der Waals surface area contributed by atoms with Crippen LogP contribution in [-0.4, -0.2) is 32.1 Å². The van der Waals surface area contributed by atoms with Gasteiger partial charge in [0.15, 0.2) is 5.79 Å². The molecule has 1 aliphatic carbocycles. The number of rotatable bonds is 0. The van der Waals surface area contributed by atoms with E-state index in [1.807, 2.05) is 0 Å². The second-order valence-electron chi connectivity index (χ2n) is 4.54. The lowest BCUT2D eigenvalue weighted by Crippen LogP contribution is -2.46. The zero-order valence-corrected chi connectivity index (χ0v) is 7.97. The van der Waals surface area contributed by atoms with Crippen LogP contribution in [0, 0.1) is 5.41 Å². The molecular weight excluding hydrogens is 166 g/mol. The molecule has 0 bridgehead atoms. The van der Waals surface area contributed by atoms with Crippen molar-refractivity contribution in [3.05, 3.63) is 0 Å². The van der Waals surface area contributed by atoms with Crippen LogP contribution < -0.4 is 5.32 Å². The van der Waals surface area contributed by atoms with Crippen molar-refractivity contribution in [2.75, 3.05) is 26.3 Å². The van der Waals surface area contributed by atoms with Crippen molar-refractivity contribution < 1.29 is 9.47 Å². The molecule has 2 saturated heterocycles. The summed E-state index contributed by atoms with van der Waals surface area (Å²) in [5.74, 6) is -0.247. The molecule has 2 spiro atoms. The Morgan fingerprint density at radius 2 is 1.62 bits per heavy atom. The quantitative estimate of drug-likeness (QED) is 0.605. The van der Waals surface area contributed by atoms with Gasteiger partial charge in [0.05, 0.1) is 19.8 Å². The van der Waals surface area contributed by atoms with E-state index in [-0.39, 0.29) is 5.79 Å². The van der Waals surface area contributed by atoms with Gasteiger partial charge in [-0.3, -0.25) is 0 Å². The number of hydrogen-bond acceptors (Lipinski definition) is 3. The summed E-state index contributed by atoms with van der Waals surface area (Å²) in [5.41, 5.74) is 0.309. The van der Waals surface area contributed by atoms with Gasteiger partial charge in [0.1, 0.15) is 0 Å². The summed E-state index contributed by atoms with van der Waals surface area (Å²) in [6.45, 7) is 3.55.